The number of hydrogen-bond acceptors (Lipinski definition) is 6. The fourth-order valence-corrected chi connectivity index (χ4v) is 6.63. The number of esters is 2. The number of carbonyl (C=O) groups is 2. The Morgan fingerprint density at radius 2 is 1.41 bits per heavy atom. The van der Waals surface area contributed by atoms with Crippen molar-refractivity contribution in [3.8, 4) is 0 Å². The van der Waals surface area contributed by atoms with Gasteiger partial charge in [0.1, 0.15) is 13.2 Å². The highest BCUT2D eigenvalue weighted by Crippen LogP contribution is 2.47. The standard InChI is InChI=1S/C35H56O6/c1-22(2)19-25-11-13-26(14-12-25)23(3)33(37)39-21-27-16-18-30(34(5,6)7)31(40-27)29-17-15-28(20-38-24(4)36)41-32(29)35(8,9)10/h11-14,22-23,27-32H,15-21H2,1-10H3. The predicted molar refractivity (Wildman–Crippen MR) is 163 cm³/mol. The molecule has 2 heterocycles. The summed E-state index contributed by atoms with van der Waals surface area (Å²) in [6.07, 6.45) is 4.42. The van der Waals surface area contributed by atoms with Gasteiger partial charge in [0.15, 0.2) is 0 Å². The quantitative estimate of drug-likeness (QED) is 0.285. The van der Waals surface area contributed by atoms with Gasteiger partial charge in [-0.25, -0.2) is 0 Å². The van der Waals surface area contributed by atoms with Crippen molar-refractivity contribution in [3.05, 3.63) is 35.4 Å². The van der Waals surface area contributed by atoms with Gasteiger partial charge in [0.05, 0.1) is 30.3 Å². The van der Waals surface area contributed by atoms with Gasteiger partial charge in [0, 0.05) is 12.8 Å². The summed E-state index contributed by atoms with van der Waals surface area (Å²) in [5.74, 6) is 0.358. The first kappa shape index (κ1) is 33.6. The second-order valence-electron chi connectivity index (χ2n) is 15.1. The molecular formula is C35H56O6. The molecule has 2 fully saturated rings. The van der Waals surface area contributed by atoms with Crippen LogP contribution in [0.2, 0.25) is 0 Å². The predicted octanol–water partition coefficient (Wildman–Crippen LogP) is 7.51. The van der Waals surface area contributed by atoms with Gasteiger partial charge < -0.3 is 18.9 Å². The zero-order valence-electron chi connectivity index (χ0n) is 27.3. The Balaban J connectivity index is 1.68. The Bertz CT molecular complexity index is 985. The van der Waals surface area contributed by atoms with E-state index in [-0.39, 0.29) is 65.6 Å². The van der Waals surface area contributed by atoms with Crippen LogP contribution in [0.4, 0.5) is 0 Å². The third kappa shape index (κ3) is 9.54. The fraction of sp³-hybridized carbons (Fsp3) is 0.771. The summed E-state index contributed by atoms with van der Waals surface area (Å²) < 4.78 is 24.7. The Hall–Kier alpha value is -1.92. The maximum atomic E-state index is 13.1. The van der Waals surface area contributed by atoms with Gasteiger partial charge in [-0.1, -0.05) is 79.7 Å². The van der Waals surface area contributed by atoms with Crippen LogP contribution in [0.25, 0.3) is 0 Å². The summed E-state index contributed by atoms with van der Waals surface area (Å²) in [5, 5.41) is 0. The number of hydrogen-bond donors (Lipinski definition) is 0. The molecule has 2 aliphatic heterocycles. The van der Waals surface area contributed by atoms with Crippen molar-refractivity contribution >= 4 is 11.9 Å². The second kappa shape index (κ2) is 14.0. The van der Waals surface area contributed by atoms with E-state index in [0.29, 0.717) is 18.4 Å². The van der Waals surface area contributed by atoms with E-state index >= 15 is 0 Å². The molecule has 1 aromatic carbocycles. The molecule has 7 unspecified atom stereocenters. The lowest BCUT2D eigenvalue weighted by Crippen LogP contribution is -2.55. The average molecular weight is 573 g/mol. The maximum Gasteiger partial charge on any atom is 0.313 e. The van der Waals surface area contributed by atoms with Crippen LogP contribution in [-0.4, -0.2) is 49.6 Å². The molecule has 0 radical (unpaired) electrons. The lowest BCUT2D eigenvalue weighted by atomic mass is 9.65. The highest BCUT2D eigenvalue weighted by atomic mass is 16.6. The monoisotopic (exact) mass is 572 g/mol. The summed E-state index contributed by atoms with van der Waals surface area (Å²) in [4.78, 5) is 24.5. The second-order valence-corrected chi connectivity index (χ2v) is 15.1. The molecule has 0 spiro atoms. The zero-order valence-corrected chi connectivity index (χ0v) is 27.3. The van der Waals surface area contributed by atoms with Gasteiger partial charge in [-0.15, -0.1) is 0 Å². The molecule has 0 aromatic heterocycles. The molecule has 0 aliphatic carbocycles. The molecule has 6 heteroatoms. The molecule has 7 atom stereocenters. The minimum Gasteiger partial charge on any atom is -0.463 e. The largest absolute Gasteiger partial charge is 0.463 e. The lowest BCUT2D eigenvalue weighted by molar-refractivity contribution is -0.218. The summed E-state index contributed by atoms with van der Waals surface area (Å²) in [6, 6.07) is 8.34. The van der Waals surface area contributed by atoms with Crippen LogP contribution in [0.1, 0.15) is 112 Å². The number of rotatable bonds is 9. The van der Waals surface area contributed by atoms with Crippen LogP contribution in [-0.2, 0) is 35.0 Å². The molecule has 232 valence electrons. The van der Waals surface area contributed by atoms with Gasteiger partial charge in [0.25, 0.3) is 0 Å². The van der Waals surface area contributed by atoms with Crippen molar-refractivity contribution in [1.82, 2.24) is 0 Å². The molecule has 0 saturated carbocycles. The van der Waals surface area contributed by atoms with E-state index in [9.17, 15) is 9.59 Å². The van der Waals surface area contributed by atoms with Crippen molar-refractivity contribution in [2.45, 2.75) is 132 Å². The van der Waals surface area contributed by atoms with Crippen molar-refractivity contribution in [1.29, 1.82) is 0 Å². The van der Waals surface area contributed by atoms with Gasteiger partial charge >= 0.3 is 11.9 Å². The van der Waals surface area contributed by atoms with E-state index in [0.717, 1.165) is 37.7 Å². The smallest absolute Gasteiger partial charge is 0.313 e. The van der Waals surface area contributed by atoms with E-state index in [1.165, 1.54) is 12.5 Å². The van der Waals surface area contributed by atoms with Crippen LogP contribution in [0.3, 0.4) is 0 Å². The van der Waals surface area contributed by atoms with Crippen LogP contribution in [0, 0.1) is 28.6 Å². The molecule has 41 heavy (non-hydrogen) atoms. The molecular weight excluding hydrogens is 516 g/mol. The Labute approximate surface area is 249 Å². The van der Waals surface area contributed by atoms with Crippen molar-refractivity contribution in [2.75, 3.05) is 13.2 Å². The van der Waals surface area contributed by atoms with Gasteiger partial charge in [-0.05, 0) is 72.8 Å². The normalized spacial score (nSPS) is 28.3. The number of ether oxygens (including phenoxy) is 4. The molecule has 2 saturated heterocycles. The first-order valence-corrected chi connectivity index (χ1v) is 15.8. The molecule has 0 bridgehead atoms. The van der Waals surface area contributed by atoms with Gasteiger partial charge in [-0.3, -0.25) is 9.59 Å². The lowest BCUT2D eigenvalue weighted by Gasteiger charge is -2.52. The number of benzene rings is 1. The van der Waals surface area contributed by atoms with E-state index in [1.807, 2.05) is 6.92 Å². The topological polar surface area (TPSA) is 71.1 Å². The van der Waals surface area contributed by atoms with E-state index in [4.69, 9.17) is 18.9 Å². The zero-order chi connectivity index (χ0) is 30.5. The van der Waals surface area contributed by atoms with Crippen molar-refractivity contribution < 1.29 is 28.5 Å². The van der Waals surface area contributed by atoms with Crippen LogP contribution in [0.15, 0.2) is 24.3 Å². The minimum atomic E-state index is -0.323. The molecule has 0 amide bonds. The molecule has 2 aliphatic rings. The highest BCUT2D eigenvalue weighted by molar-refractivity contribution is 5.77. The molecule has 1 aromatic rings. The summed E-state index contributed by atoms with van der Waals surface area (Å²) >= 11 is 0. The highest BCUT2D eigenvalue weighted by Gasteiger charge is 2.49. The van der Waals surface area contributed by atoms with Crippen LogP contribution < -0.4 is 0 Å². The summed E-state index contributed by atoms with van der Waals surface area (Å²) in [7, 11) is 0. The Morgan fingerprint density at radius 1 is 0.829 bits per heavy atom. The Morgan fingerprint density at radius 3 is 1.98 bits per heavy atom. The van der Waals surface area contributed by atoms with E-state index in [1.54, 1.807) is 0 Å². The molecule has 0 N–H and O–H groups in total. The molecule has 6 nitrogen and oxygen atoms in total. The fourth-order valence-electron chi connectivity index (χ4n) is 6.63. The van der Waals surface area contributed by atoms with E-state index in [2.05, 4.69) is 79.7 Å². The van der Waals surface area contributed by atoms with Gasteiger partial charge in [-0.2, -0.15) is 0 Å². The number of carbonyl (C=O) groups excluding carboxylic acids is 2. The maximum absolute atomic E-state index is 13.1. The molecule has 3 rings (SSSR count). The first-order valence-electron chi connectivity index (χ1n) is 15.8. The summed E-state index contributed by atoms with van der Waals surface area (Å²) in [6.45, 7) is 21.9. The summed E-state index contributed by atoms with van der Waals surface area (Å²) in [5.41, 5.74) is 2.23. The third-order valence-corrected chi connectivity index (χ3v) is 8.84. The minimum absolute atomic E-state index is 0.00252. The van der Waals surface area contributed by atoms with E-state index < -0.39 is 0 Å². The van der Waals surface area contributed by atoms with Crippen LogP contribution in [0.5, 0.6) is 0 Å². The van der Waals surface area contributed by atoms with Crippen molar-refractivity contribution in [2.24, 2.45) is 28.6 Å². The van der Waals surface area contributed by atoms with Crippen molar-refractivity contribution in [3.63, 3.8) is 0 Å². The van der Waals surface area contributed by atoms with Crippen LogP contribution >= 0.6 is 0 Å². The first-order chi connectivity index (χ1) is 19.1. The Kier molecular flexibility index (Phi) is 11.5. The SMILES string of the molecule is CC(=O)OCC1CCC(C2OC(COC(=O)C(C)c3ccc(CC(C)C)cc3)CCC2C(C)(C)C)C(C(C)(C)C)O1. The van der Waals surface area contributed by atoms with Gasteiger partial charge in [0.2, 0.25) is 0 Å². The average Bonchev–Trinajstić information content (AvgIpc) is 2.89. The third-order valence-electron chi connectivity index (χ3n) is 8.84.